The van der Waals surface area contributed by atoms with Gasteiger partial charge in [-0.2, -0.15) is 0 Å². The fourth-order valence-electron chi connectivity index (χ4n) is 4.68. The van der Waals surface area contributed by atoms with Gasteiger partial charge in [0.25, 0.3) is 5.91 Å². The highest BCUT2D eigenvalue weighted by molar-refractivity contribution is 6.03. The number of amides is 1. The van der Waals surface area contributed by atoms with Gasteiger partial charge in [-0.25, -0.2) is 14.4 Å². The third kappa shape index (κ3) is 4.24. The number of methoxy groups -OCH3 is 1. The minimum Gasteiger partial charge on any atom is -0.493 e. The summed E-state index contributed by atoms with van der Waals surface area (Å²) < 4.78 is 26.7. The smallest absolute Gasteiger partial charge is 0.270 e. The number of carbonyl (C=O) groups excluding carboxylic acids is 1. The van der Waals surface area contributed by atoms with Crippen LogP contribution >= 0.6 is 0 Å². The Morgan fingerprint density at radius 3 is 2.78 bits per heavy atom. The van der Waals surface area contributed by atoms with Crippen molar-refractivity contribution in [2.75, 3.05) is 23.9 Å². The Kier molecular flexibility index (Phi) is 6.04. The zero-order chi connectivity index (χ0) is 25.6. The number of halogens is 1. The van der Waals surface area contributed by atoms with E-state index in [4.69, 9.17) is 9.47 Å². The standard InChI is InChI=1S/C27H30FN5O3/c1-15(2)33-21-12-17(11-20(28)24(21)36-27(3,4)25(33)34)23-22(35-5)14-30-26(32-23)31-19-7-6-16-8-9-29-13-18(16)10-19/h6-7,10-12,14-15,29H,8-9,13H2,1-5H3,(H,30,31,32). The molecule has 5 rings (SSSR count). The molecule has 0 radical (unpaired) electrons. The minimum atomic E-state index is -1.17. The molecule has 2 aliphatic heterocycles. The van der Waals surface area contributed by atoms with E-state index in [0.717, 1.165) is 25.2 Å². The summed E-state index contributed by atoms with van der Waals surface area (Å²) >= 11 is 0. The van der Waals surface area contributed by atoms with Gasteiger partial charge in [0, 0.05) is 23.8 Å². The highest BCUT2D eigenvalue weighted by Gasteiger charge is 2.43. The second-order valence-electron chi connectivity index (χ2n) is 9.83. The van der Waals surface area contributed by atoms with Crippen molar-refractivity contribution in [3.8, 4) is 22.8 Å². The largest absolute Gasteiger partial charge is 0.493 e. The van der Waals surface area contributed by atoms with E-state index in [1.54, 1.807) is 31.0 Å². The first-order valence-electron chi connectivity index (χ1n) is 12.0. The monoisotopic (exact) mass is 491 g/mol. The lowest BCUT2D eigenvalue weighted by atomic mass is 10.00. The van der Waals surface area contributed by atoms with Crippen LogP contribution in [0.2, 0.25) is 0 Å². The molecule has 0 aliphatic carbocycles. The van der Waals surface area contributed by atoms with Gasteiger partial charge in [0.1, 0.15) is 5.69 Å². The number of carbonyl (C=O) groups is 1. The van der Waals surface area contributed by atoms with E-state index < -0.39 is 11.4 Å². The van der Waals surface area contributed by atoms with Crippen LogP contribution in [0.3, 0.4) is 0 Å². The average molecular weight is 492 g/mol. The van der Waals surface area contributed by atoms with E-state index in [1.807, 2.05) is 19.9 Å². The van der Waals surface area contributed by atoms with E-state index in [2.05, 4.69) is 32.7 Å². The molecule has 1 amide bonds. The van der Waals surface area contributed by atoms with E-state index in [1.165, 1.54) is 24.3 Å². The van der Waals surface area contributed by atoms with Crippen molar-refractivity contribution in [1.82, 2.24) is 15.3 Å². The Balaban J connectivity index is 1.55. The second-order valence-corrected chi connectivity index (χ2v) is 9.83. The molecule has 1 aromatic heterocycles. The van der Waals surface area contributed by atoms with Crippen LogP contribution in [-0.4, -0.2) is 41.2 Å². The van der Waals surface area contributed by atoms with Gasteiger partial charge in [0.05, 0.1) is 19.0 Å². The third-order valence-electron chi connectivity index (χ3n) is 6.49. The highest BCUT2D eigenvalue weighted by atomic mass is 19.1. The number of ether oxygens (including phenoxy) is 2. The second kappa shape index (κ2) is 9.05. The fourth-order valence-corrected chi connectivity index (χ4v) is 4.68. The summed E-state index contributed by atoms with van der Waals surface area (Å²) in [5.74, 6) is -0.0338. The molecular weight excluding hydrogens is 461 g/mol. The van der Waals surface area contributed by atoms with Crippen LogP contribution in [0.1, 0.15) is 38.8 Å². The van der Waals surface area contributed by atoms with Crippen molar-refractivity contribution in [3.63, 3.8) is 0 Å². The summed E-state index contributed by atoms with van der Waals surface area (Å²) in [6.07, 6.45) is 2.55. The SMILES string of the molecule is COc1cnc(Nc2ccc3c(c2)CNCC3)nc1-c1cc(F)c2c(c1)N(C(C)C)C(=O)C(C)(C)O2. The van der Waals surface area contributed by atoms with E-state index in [-0.39, 0.29) is 17.7 Å². The van der Waals surface area contributed by atoms with Crippen LogP contribution in [0.15, 0.2) is 36.5 Å². The zero-order valence-electron chi connectivity index (χ0n) is 21.1. The van der Waals surface area contributed by atoms with Gasteiger partial charge in [-0.3, -0.25) is 4.79 Å². The Bertz CT molecular complexity index is 1340. The van der Waals surface area contributed by atoms with Crippen molar-refractivity contribution in [3.05, 3.63) is 53.5 Å². The molecule has 2 aromatic carbocycles. The Morgan fingerprint density at radius 2 is 2.03 bits per heavy atom. The predicted octanol–water partition coefficient (Wildman–Crippen LogP) is 4.59. The normalized spacial score (nSPS) is 16.3. The molecular formula is C27H30FN5O3. The van der Waals surface area contributed by atoms with Gasteiger partial charge in [0.15, 0.2) is 22.9 Å². The summed E-state index contributed by atoms with van der Waals surface area (Å²) in [6.45, 7) is 8.85. The minimum absolute atomic E-state index is 0.0473. The molecule has 0 unspecified atom stereocenters. The molecule has 0 saturated heterocycles. The first-order valence-corrected chi connectivity index (χ1v) is 12.0. The molecule has 3 heterocycles. The number of rotatable bonds is 5. The van der Waals surface area contributed by atoms with Crippen molar-refractivity contribution in [1.29, 1.82) is 0 Å². The molecule has 36 heavy (non-hydrogen) atoms. The summed E-state index contributed by atoms with van der Waals surface area (Å²) in [4.78, 5) is 23.7. The number of anilines is 3. The van der Waals surface area contributed by atoms with Crippen molar-refractivity contribution in [2.45, 2.75) is 52.3 Å². The van der Waals surface area contributed by atoms with E-state index in [0.29, 0.717) is 28.6 Å². The van der Waals surface area contributed by atoms with E-state index >= 15 is 4.39 Å². The third-order valence-corrected chi connectivity index (χ3v) is 6.49. The topological polar surface area (TPSA) is 88.6 Å². The first kappa shape index (κ1) is 24.0. The lowest BCUT2D eigenvalue weighted by molar-refractivity contribution is -0.133. The molecule has 0 atom stereocenters. The number of fused-ring (bicyclic) bond motifs is 2. The first-order chi connectivity index (χ1) is 17.2. The Morgan fingerprint density at radius 1 is 1.22 bits per heavy atom. The molecule has 0 spiro atoms. The lowest BCUT2D eigenvalue weighted by Gasteiger charge is -2.41. The van der Waals surface area contributed by atoms with Crippen molar-refractivity contribution >= 4 is 23.2 Å². The molecule has 2 aliphatic rings. The van der Waals surface area contributed by atoms with Gasteiger partial charge in [-0.15, -0.1) is 0 Å². The van der Waals surface area contributed by atoms with Gasteiger partial charge in [-0.05, 0) is 76.1 Å². The maximum absolute atomic E-state index is 15.4. The van der Waals surface area contributed by atoms with Crippen LogP contribution in [0.25, 0.3) is 11.3 Å². The van der Waals surface area contributed by atoms with Crippen LogP contribution in [0.5, 0.6) is 11.5 Å². The molecule has 9 heteroatoms. The van der Waals surface area contributed by atoms with Gasteiger partial charge < -0.3 is 25.0 Å². The Labute approximate surface area is 209 Å². The molecule has 2 N–H and O–H groups in total. The molecule has 0 bridgehead atoms. The summed E-state index contributed by atoms with van der Waals surface area (Å²) in [6, 6.07) is 9.06. The van der Waals surface area contributed by atoms with Crippen LogP contribution in [0, 0.1) is 5.82 Å². The van der Waals surface area contributed by atoms with Crippen LogP contribution in [0.4, 0.5) is 21.7 Å². The summed E-state index contributed by atoms with van der Waals surface area (Å²) in [7, 11) is 1.51. The average Bonchev–Trinajstić information content (AvgIpc) is 2.85. The van der Waals surface area contributed by atoms with Crippen LogP contribution in [-0.2, 0) is 17.8 Å². The summed E-state index contributed by atoms with van der Waals surface area (Å²) in [5, 5.41) is 6.63. The van der Waals surface area contributed by atoms with E-state index in [9.17, 15) is 4.79 Å². The van der Waals surface area contributed by atoms with Crippen molar-refractivity contribution < 1.29 is 18.7 Å². The quantitative estimate of drug-likeness (QED) is 0.540. The molecule has 8 nitrogen and oxygen atoms in total. The molecule has 0 saturated carbocycles. The number of aromatic nitrogens is 2. The highest BCUT2D eigenvalue weighted by Crippen LogP contribution is 2.44. The maximum atomic E-state index is 15.4. The summed E-state index contributed by atoms with van der Waals surface area (Å²) in [5.41, 5.74) is 3.46. The molecule has 3 aromatic rings. The van der Waals surface area contributed by atoms with Crippen LogP contribution < -0.4 is 25.0 Å². The van der Waals surface area contributed by atoms with Gasteiger partial charge in [-0.1, -0.05) is 6.07 Å². The lowest BCUT2D eigenvalue weighted by Crippen LogP contribution is -2.55. The number of hydrogen-bond donors (Lipinski definition) is 2. The fraction of sp³-hybridized carbons (Fsp3) is 0.370. The molecule has 0 fully saturated rings. The number of hydrogen-bond acceptors (Lipinski definition) is 7. The number of nitrogens with zero attached hydrogens (tertiary/aromatic N) is 3. The van der Waals surface area contributed by atoms with Gasteiger partial charge in [0.2, 0.25) is 5.95 Å². The Hall–Kier alpha value is -3.72. The maximum Gasteiger partial charge on any atom is 0.270 e. The van der Waals surface area contributed by atoms with Crippen molar-refractivity contribution in [2.24, 2.45) is 0 Å². The zero-order valence-corrected chi connectivity index (χ0v) is 21.1. The van der Waals surface area contributed by atoms with Gasteiger partial charge >= 0.3 is 0 Å². The number of nitrogens with one attached hydrogen (secondary N) is 2. The number of benzene rings is 2. The predicted molar refractivity (Wildman–Crippen MR) is 136 cm³/mol. The molecule has 188 valence electrons.